The first-order valence-electron chi connectivity index (χ1n) is 9.24. The summed E-state index contributed by atoms with van der Waals surface area (Å²) in [6.07, 6.45) is 9.57. The standard InChI is InChI=1S/C18H32N6O.HI/c1-15-22-23-17(24(15)2)14-21-18(19-11-7-13-25-3)20-12-10-16-8-5-4-6-9-16;/h8H,4-7,9-14H2,1-3H3,(H2,19,20,21);1H. The van der Waals surface area contributed by atoms with Crippen molar-refractivity contribution < 1.29 is 4.74 Å². The van der Waals surface area contributed by atoms with Crippen LogP contribution in [0.1, 0.15) is 50.2 Å². The first kappa shape index (κ1) is 22.9. The number of aliphatic imine (C=N–C) groups is 1. The summed E-state index contributed by atoms with van der Waals surface area (Å²) in [5, 5.41) is 15.1. The van der Waals surface area contributed by atoms with E-state index < -0.39 is 0 Å². The topological polar surface area (TPSA) is 76.4 Å². The summed E-state index contributed by atoms with van der Waals surface area (Å²) in [6, 6.07) is 0. The summed E-state index contributed by atoms with van der Waals surface area (Å²) in [5.74, 6) is 2.59. The molecule has 1 aliphatic rings. The van der Waals surface area contributed by atoms with Crippen molar-refractivity contribution in [3.05, 3.63) is 23.3 Å². The molecule has 0 fully saturated rings. The van der Waals surface area contributed by atoms with Gasteiger partial charge < -0.3 is 19.9 Å². The third kappa shape index (κ3) is 8.03. The molecule has 2 N–H and O–H groups in total. The molecular weight excluding hydrogens is 443 g/mol. The van der Waals surface area contributed by atoms with Crippen LogP contribution in [-0.2, 0) is 18.3 Å². The van der Waals surface area contributed by atoms with Crippen molar-refractivity contribution >= 4 is 29.9 Å². The molecule has 26 heavy (non-hydrogen) atoms. The molecule has 1 aromatic heterocycles. The maximum atomic E-state index is 5.10. The number of halogens is 1. The Balaban J connectivity index is 0.00000338. The van der Waals surface area contributed by atoms with Crippen LogP contribution in [0.5, 0.6) is 0 Å². The lowest BCUT2D eigenvalue weighted by atomic mass is 9.97. The molecule has 1 aliphatic carbocycles. The third-order valence-electron chi connectivity index (χ3n) is 4.50. The van der Waals surface area contributed by atoms with Crippen LogP contribution in [0.2, 0.25) is 0 Å². The normalized spacial score (nSPS) is 14.6. The van der Waals surface area contributed by atoms with Gasteiger partial charge in [0, 0.05) is 33.9 Å². The van der Waals surface area contributed by atoms with Crippen LogP contribution in [0, 0.1) is 6.92 Å². The Morgan fingerprint density at radius 1 is 1.27 bits per heavy atom. The Morgan fingerprint density at radius 3 is 2.73 bits per heavy atom. The van der Waals surface area contributed by atoms with Crippen molar-refractivity contribution in [3.63, 3.8) is 0 Å². The molecule has 1 heterocycles. The summed E-state index contributed by atoms with van der Waals surface area (Å²) in [7, 11) is 3.69. The lowest BCUT2D eigenvalue weighted by molar-refractivity contribution is 0.195. The molecular formula is C18H33IN6O. The molecule has 0 amide bonds. The van der Waals surface area contributed by atoms with E-state index in [1.54, 1.807) is 12.7 Å². The molecule has 1 aromatic rings. The summed E-state index contributed by atoms with van der Waals surface area (Å²) in [4.78, 5) is 4.66. The van der Waals surface area contributed by atoms with E-state index in [1.807, 2.05) is 18.5 Å². The second kappa shape index (κ2) is 13.1. The van der Waals surface area contributed by atoms with E-state index in [9.17, 15) is 0 Å². The van der Waals surface area contributed by atoms with Crippen LogP contribution in [-0.4, -0.2) is 47.5 Å². The number of nitrogens with zero attached hydrogens (tertiary/aromatic N) is 4. The van der Waals surface area contributed by atoms with Gasteiger partial charge in [0.15, 0.2) is 11.8 Å². The number of allylic oxidation sites excluding steroid dienone is 1. The second-order valence-corrected chi connectivity index (χ2v) is 6.45. The van der Waals surface area contributed by atoms with Crippen LogP contribution >= 0.6 is 24.0 Å². The average Bonchev–Trinajstić information content (AvgIpc) is 2.95. The highest BCUT2D eigenvalue weighted by molar-refractivity contribution is 14.0. The van der Waals surface area contributed by atoms with Gasteiger partial charge in [0.2, 0.25) is 0 Å². The molecule has 0 bridgehead atoms. The Morgan fingerprint density at radius 2 is 2.08 bits per heavy atom. The maximum Gasteiger partial charge on any atom is 0.191 e. The van der Waals surface area contributed by atoms with Gasteiger partial charge in [-0.15, -0.1) is 34.2 Å². The fraction of sp³-hybridized carbons (Fsp3) is 0.722. The summed E-state index contributed by atoms with van der Waals surface area (Å²) < 4.78 is 7.07. The molecule has 0 aliphatic heterocycles. The predicted molar refractivity (Wildman–Crippen MR) is 116 cm³/mol. The molecule has 0 saturated heterocycles. The molecule has 0 unspecified atom stereocenters. The van der Waals surface area contributed by atoms with Crippen molar-refractivity contribution in [3.8, 4) is 0 Å². The molecule has 8 heteroatoms. The second-order valence-electron chi connectivity index (χ2n) is 6.45. The van der Waals surface area contributed by atoms with Crippen molar-refractivity contribution in [2.45, 2.75) is 52.0 Å². The van der Waals surface area contributed by atoms with Gasteiger partial charge >= 0.3 is 0 Å². The van der Waals surface area contributed by atoms with Crippen LogP contribution in [0.3, 0.4) is 0 Å². The highest BCUT2D eigenvalue weighted by Crippen LogP contribution is 2.19. The van der Waals surface area contributed by atoms with E-state index in [0.29, 0.717) is 6.54 Å². The minimum absolute atomic E-state index is 0. The van der Waals surface area contributed by atoms with E-state index in [4.69, 9.17) is 4.74 Å². The molecule has 148 valence electrons. The average molecular weight is 476 g/mol. The number of aromatic nitrogens is 3. The van der Waals surface area contributed by atoms with Crippen LogP contribution in [0.25, 0.3) is 0 Å². The van der Waals surface area contributed by atoms with Gasteiger partial charge in [0.05, 0.1) is 0 Å². The van der Waals surface area contributed by atoms with E-state index in [-0.39, 0.29) is 24.0 Å². The van der Waals surface area contributed by atoms with Gasteiger partial charge in [0.1, 0.15) is 12.4 Å². The third-order valence-corrected chi connectivity index (χ3v) is 4.50. The smallest absolute Gasteiger partial charge is 0.191 e. The first-order chi connectivity index (χ1) is 12.2. The Hall–Kier alpha value is -1.16. The first-order valence-corrected chi connectivity index (χ1v) is 9.24. The van der Waals surface area contributed by atoms with Gasteiger partial charge in [-0.25, -0.2) is 4.99 Å². The molecule has 7 nitrogen and oxygen atoms in total. The highest BCUT2D eigenvalue weighted by Gasteiger charge is 2.06. The summed E-state index contributed by atoms with van der Waals surface area (Å²) in [5.41, 5.74) is 1.57. The number of methoxy groups -OCH3 is 1. The number of nitrogens with one attached hydrogen (secondary N) is 2. The highest BCUT2D eigenvalue weighted by atomic mass is 127. The van der Waals surface area contributed by atoms with Crippen molar-refractivity contribution in [1.29, 1.82) is 0 Å². The quantitative estimate of drug-likeness (QED) is 0.189. The lowest BCUT2D eigenvalue weighted by Crippen LogP contribution is -2.38. The minimum atomic E-state index is 0. The largest absolute Gasteiger partial charge is 0.385 e. The molecule has 0 radical (unpaired) electrons. The number of rotatable bonds is 9. The number of guanidine groups is 1. The number of hydrogen-bond acceptors (Lipinski definition) is 4. The molecule has 0 saturated carbocycles. The minimum Gasteiger partial charge on any atom is -0.385 e. The van der Waals surface area contributed by atoms with Gasteiger partial charge in [-0.3, -0.25) is 0 Å². The maximum absolute atomic E-state index is 5.10. The van der Waals surface area contributed by atoms with E-state index in [2.05, 4.69) is 31.9 Å². The lowest BCUT2D eigenvalue weighted by Gasteiger charge is -2.15. The molecule has 0 spiro atoms. The number of ether oxygens (including phenoxy) is 1. The number of aryl methyl sites for hydroxylation is 1. The Kier molecular flexibility index (Phi) is 11.5. The van der Waals surface area contributed by atoms with Crippen LogP contribution < -0.4 is 10.6 Å². The summed E-state index contributed by atoms with van der Waals surface area (Å²) >= 11 is 0. The SMILES string of the molecule is COCCCNC(=NCc1nnc(C)n1C)NCCC1=CCCCC1.I. The Labute approximate surface area is 174 Å². The molecule has 0 atom stereocenters. The summed E-state index contributed by atoms with van der Waals surface area (Å²) in [6.45, 7) is 4.94. The predicted octanol–water partition coefficient (Wildman–Crippen LogP) is 2.70. The van der Waals surface area contributed by atoms with Gasteiger partial charge in [-0.1, -0.05) is 11.6 Å². The van der Waals surface area contributed by atoms with Gasteiger partial charge in [-0.2, -0.15) is 0 Å². The fourth-order valence-corrected chi connectivity index (χ4v) is 2.81. The van der Waals surface area contributed by atoms with Crippen LogP contribution in [0.4, 0.5) is 0 Å². The fourth-order valence-electron chi connectivity index (χ4n) is 2.81. The van der Waals surface area contributed by atoms with Crippen molar-refractivity contribution in [2.24, 2.45) is 12.0 Å². The Bertz CT molecular complexity index is 584. The van der Waals surface area contributed by atoms with Gasteiger partial charge in [-0.05, 0) is 45.4 Å². The van der Waals surface area contributed by atoms with E-state index in [1.165, 1.54) is 25.7 Å². The zero-order valence-corrected chi connectivity index (χ0v) is 18.6. The van der Waals surface area contributed by atoms with E-state index >= 15 is 0 Å². The van der Waals surface area contributed by atoms with E-state index in [0.717, 1.165) is 50.1 Å². The van der Waals surface area contributed by atoms with Gasteiger partial charge in [0.25, 0.3) is 0 Å². The van der Waals surface area contributed by atoms with Crippen LogP contribution in [0.15, 0.2) is 16.6 Å². The molecule has 0 aromatic carbocycles. The monoisotopic (exact) mass is 476 g/mol. The van der Waals surface area contributed by atoms with Crippen molar-refractivity contribution in [2.75, 3.05) is 26.8 Å². The zero-order chi connectivity index (χ0) is 17.9. The van der Waals surface area contributed by atoms with Crippen molar-refractivity contribution in [1.82, 2.24) is 25.4 Å². The molecule has 2 rings (SSSR count). The zero-order valence-electron chi connectivity index (χ0n) is 16.3. The number of hydrogen-bond donors (Lipinski definition) is 2.